The van der Waals surface area contributed by atoms with Crippen LogP contribution in [0, 0.1) is 5.82 Å². The van der Waals surface area contributed by atoms with Crippen molar-refractivity contribution in [3.63, 3.8) is 0 Å². The van der Waals surface area contributed by atoms with E-state index in [1.165, 1.54) is 49.2 Å². The predicted octanol–water partition coefficient (Wildman–Crippen LogP) is 5.36. The van der Waals surface area contributed by atoms with Crippen molar-refractivity contribution in [3.8, 4) is 11.4 Å². The molecule has 1 aliphatic rings. The van der Waals surface area contributed by atoms with Crippen molar-refractivity contribution in [3.05, 3.63) is 76.2 Å². The highest BCUT2D eigenvalue weighted by molar-refractivity contribution is 7.98. The van der Waals surface area contributed by atoms with Gasteiger partial charge in [0.05, 0.1) is 13.2 Å². The zero-order valence-electron chi connectivity index (χ0n) is 19.7. The molecule has 4 aromatic rings. The standard InChI is InChI=1S/C26H27FN4O3S/c1-17(30-12-4-3-5-13-30)25-28-29-26(31(25)20-8-6-19(27)7-9-20)35-16-18-14-24(32)34-23-15-21(33-2)10-11-22(18)23/h6-11,14-15,17H,3-5,12-13,16H2,1-2H3. The highest BCUT2D eigenvalue weighted by Crippen LogP contribution is 2.32. The summed E-state index contributed by atoms with van der Waals surface area (Å²) >= 11 is 1.48. The number of thioether (sulfide) groups is 1. The predicted molar refractivity (Wildman–Crippen MR) is 134 cm³/mol. The first-order valence-corrected chi connectivity index (χ1v) is 12.7. The van der Waals surface area contributed by atoms with E-state index in [2.05, 4.69) is 22.0 Å². The Kier molecular flexibility index (Phi) is 6.88. The lowest BCUT2D eigenvalue weighted by atomic mass is 10.1. The molecule has 1 atom stereocenters. The van der Waals surface area contributed by atoms with Crippen LogP contribution in [0.4, 0.5) is 4.39 Å². The molecule has 35 heavy (non-hydrogen) atoms. The van der Waals surface area contributed by atoms with E-state index in [0.29, 0.717) is 22.2 Å². The first-order chi connectivity index (χ1) is 17.0. The smallest absolute Gasteiger partial charge is 0.336 e. The lowest BCUT2D eigenvalue weighted by molar-refractivity contribution is 0.167. The van der Waals surface area contributed by atoms with Gasteiger partial charge in [0.15, 0.2) is 11.0 Å². The van der Waals surface area contributed by atoms with Gasteiger partial charge in [-0.15, -0.1) is 10.2 Å². The van der Waals surface area contributed by atoms with Gasteiger partial charge in [-0.3, -0.25) is 9.47 Å². The van der Waals surface area contributed by atoms with Gasteiger partial charge in [0.2, 0.25) is 0 Å². The molecule has 0 spiro atoms. The third-order valence-electron chi connectivity index (χ3n) is 6.45. The average molecular weight is 495 g/mol. The third kappa shape index (κ3) is 4.97. The summed E-state index contributed by atoms with van der Waals surface area (Å²) in [6, 6.07) is 13.4. The van der Waals surface area contributed by atoms with Gasteiger partial charge in [-0.05, 0) is 74.8 Å². The molecular weight excluding hydrogens is 467 g/mol. The summed E-state index contributed by atoms with van der Waals surface area (Å²) < 4.78 is 26.3. The molecule has 2 aromatic carbocycles. The molecule has 0 radical (unpaired) electrons. The van der Waals surface area contributed by atoms with E-state index in [4.69, 9.17) is 9.15 Å². The van der Waals surface area contributed by atoms with E-state index in [1.807, 2.05) is 16.7 Å². The maximum Gasteiger partial charge on any atom is 0.336 e. The van der Waals surface area contributed by atoms with Crippen LogP contribution in [0.5, 0.6) is 5.75 Å². The summed E-state index contributed by atoms with van der Waals surface area (Å²) in [6.45, 7) is 4.19. The Labute approximate surface area is 206 Å². The van der Waals surface area contributed by atoms with Crippen LogP contribution >= 0.6 is 11.8 Å². The van der Waals surface area contributed by atoms with Crippen molar-refractivity contribution in [2.75, 3.05) is 20.2 Å². The van der Waals surface area contributed by atoms with Crippen molar-refractivity contribution in [2.24, 2.45) is 0 Å². The van der Waals surface area contributed by atoms with E-state index < -0.39 is 5.63 Å². The first-order valence-electron chi connectivity index (χ1n) is 11.7. The molecule has 3 heterocycles. The number of hydrogen-bond acceptors (Lipinski definition) is 7. The van der Waals surface area contributed by atoms with Crippen LogP contribution in [0.1, 0.15) is 43.6 Å². The molecule has 1 fully saturated rings. The van der Waals surface area contributed by atoms with E-state index in [0.717, 1.165) is 35.6 Å². The van der Waals surface area contributed by atoms with Crippen LogP contribution in [0.15, 0.2) is 62.9 Å². The Balaban J connectivity index is 1.50. The number of rotatable bonds is 7. The minimum Gasteiger partial charge on any atom is -0.497 e. The van der Waals surface area contributed by atoms with Gasteiger partial charge < -0.3 is 9.15 Å². The molecule has 2 aromatic heterocycles. The maximum absolute atomic E-state index is 13.7. The number of methoxy groups -OCH3 is 1. The van der Waals surface area contributed by atoms with Crippen molar-refractivity contribution >= 4 is 22.7 Å². The number of ether oxygens (including phenoxy) is 1. The van der Waals surface area contributed by atoms with E-state index >= 15 is 0 Å². The Bertz CT molecular complexity index is 1380. The van der Waals surface area contributed by atoms with Gasteiger partial charge in [-0.25, -0.2) is 9.18 Å². The topological polar surface area (TPSA) is 73.4 Å². The lowest BCUT2D eigenvalue weighted by Crippen LogP contribution is -2.33. The second-order valence-corrected chi connectivity index (χ2v) is 9.61. The molecule has 1 aliphatic heterocycles. The second kappa shape index (κ2) is 10.2. The van der Waals surface area contributed by atoms with Crippen LogP contribution in [-0.2, 0) is 5.75 Å². The van der Waals surface area contributed by atoms with Crippen LogP contribution < -0.4 is 10.4 Å². The summed E-state index contributed by atoms with van der Waals surface area (Å²) in [5.74, 6) is 1.65. The van der Waals surface area contributed by atoms with Gasteiger partial charge in [0.1, 0.15) is 17.1 Å². The largest absolute Gasteiger partial charge is 0.497 e. The number of hydrogen-bond donors (Lipinski definition) is 0. The van der Waals surface area contributed by atoms with E-state index in [-0.39, 0.29) is 11.9 Å². The summed E-state index contributed by atoms with van der Waals surface area (Å²) in [7, 11) is 1.57. The quantitative estimate of drug-likeness (QED) is 0.253. The minimum atomic E-state index is -0.416. The van der Waals surface area contributed by atoms with Gasteiger partial charge in [0.25, 0.3) is 0 Å². The molecule has 0 saturated carbocycles. The molecule has 1 saturated heterocycles. The third-order valence-corrected chi connectivity index (χ3v) is 7.43. The molecule has 182 valence electrons. The molecule has 0 aliphatic carbocycles. The number of fused-ring (bicyclic) bond motifs is 1. The van der Waals surface area contributed by atoms with E-state index in [9.17, 15) is 9.18 Å². The highest BCUT2D eigenvalue weighted by atomic mass is 32.2. The van der Waals surface area contributed by atoms with Crippen LogP contribution in [-0.4, -0.2) is 39.9 Å². The summed E-state index contributed by atoms with van der Waals surface area (Å²) in [5.41, 5.74) is 1.70. The molecule has 7 nitrogen and oxygen atoms in total. The van der Waals surface area contributed by atoms with Gasteiger partial charge in [0, 0.05) is 29.0 Å². The Morgan fingerprint density at radius 1 is 1.09 bits per heavy atom. The van der Waals surface area contributed by atoms with Crippen LogP contribution in [0.3, 0.4) is 0 Å². The monoisotopic (exact) mass is 494 g/mol. The normalized spacial score (nSPS) is 15.4. The molecule has 0 amide bonds. The van der Waals surface area contributed by atoms with Crippen molar-refractivity contribution < 1.29 is 13.5 Å². The number of aromatic nitrogens is 3. The zero-order chi connectivity index (χ0) is 24.4. The van der Waals surface area contributed by atoms with Crippen LogP contribution in [0.25, 0.3) is 16.7 Å². The molecular formula is C26H27FN4O3S. The minimum absolute atomic E-state index is 0.0688. The van der Waals surface area contributed by atoms with Gasteiger partial charge >= 0.3 is 5.63 Å². The molecule has 5 rings (SSSR count). The number of halogens is 1. The van der Waals surface area contributed by atoms with Crippen LogP contribution in [0.2, 0.25) is 0 Å². The van der Waals surface area contributed by atoms with Crippen molar-refractivity contribution in [1.29, 1.82) is 0 Å². The Morgan fingerprint density at radius 3 is 2.60 bits per heavy atom. The molecule has 0 bridgehead atoms. The van der Waals surface area contributed by atoms with Gasteiger partial charge in [-0.1, -0.05) is 18.2 Å². The SMILES string of the molecule is COc1ccc2c(CSc3nnc(C(C)N4CCCCC4)n3-c3ccc(F)cc3)cc(=O)oc2c1. The fourth-order valence-electron chi connectivity index (χ4n) is 4.55. The fourth-order valence-corrected chi connectivity index (χ4v) is 5.50. The van der Waals surface area contributed by atoms with Crippen molar-refractivity contribution in [1.82, 2.24) is 19.7 Å². The van der Waals surface area contributed by atoms with Gasteiger partial charge in [-0.2, -0.15) is 0 Å². The number of likely N-dealkylation sites (tertiary alicyclic amines) is 1. The zero-order valence-corrected chi connectivity index (χ0v) is 20.6. The average Bonchev–Trinajstić information content (AvgIpc) is 3.31. The maximum atomic E-state index is 13.7. The number of nitrogens with zero attached hydrogens (tertiary/aromatic N) is 4. The number of piperidine rings is 1. The molecule has 9 heteroatoms. The molecule has 0 N–H and O–H groups in total. The Hall–Kier alpha value is -3.17. The Morgan fingerprint density at radius 2 is 1.86 bits per heavy atom. The van der Waals surface area contributed by atoms with Crippen molar-refractivity contribution in [2.45, 2.75) is 43.1 Å². The summed E-state index contributed by atoms with van der Waals surface area (Å²) in [6.07, 6.45) is 3.59. The fraction of sp³-hybridized carbons (Fsp3) is 0.346. The summed E-state index contributed by atoms with van der Waals surface area (Å²) in [5, 5.41) is 10.6. The second-order valence-electron chi connectivity index (χ2n) is 8.67. The lowest BCUT2D eigenvalue weighted by Gasteiger charge is -2.31. The number of benzene rings is 2. The molecule has 1 unspecified atom stereocenters. The summed E-state index contributed by atoms with van der Waals surface area (Å²) in [4.78, 5) is 14.6. The highest BCUT2D eigenvalue weighted by Gasteiger charge is 2.25. The van der Waals surface area contributed by atoms with E-state index in [1.54, 1.807) is 25.3 Å². The first kappa shape index (κ1) is 23.6.